The minimum Gasteiger partial charge on any atom is -0.394 e. The van der Waals surface area contributed by atoms with Crippen molar-refractivity contribution in [1.82, 2.24) is 9.47 Å². The highest BCUT2D eigenvalue weighted by Gasteiger charge is 2.26. The topological polar surface area (TPSA) is 62.5 Å². The van der Waals surface area contributed by atoms with Gasteiger partial charge in [-0.3, -0.25) is 9.59 Å². The number of amides is 1. The van der Waals surface area contributed by atoms with Gasteiger partial charge in [-0.25, -0.2) is 0 Å². The fraction of sp³-hybridized carbons (Fsp3) is 0.500. The summed E-state index contributed by atoms with van der Waals surface area (Å²) in [7, 11) is 1.61. The molecule has 0 aliphatic heterocycles. The molecule has 0 atom stereocenters. The monoisotopic (exact) mass is 316 g/mol. The highest BCUT2D eigenvalue weighted by atomic mass is 79.9. The third-order valence-corrected chi connectivity index (χ3v) is 3.39. The van der Waals surface area contributed by atoms with Gasteiger partial charge in [0.2, 0.25) is 5.91 Å². The second-order valence-corrected chi connectivity index (χ2v) is 5.65. The Hall–Kier alpha value is -1.14. The van der Waals surface area contributed by atoms with E-state index in [1.807, 2.05) is 0 Å². The van der Waals surface area contributed by atoms with Gasteiger partial charge in [-0.1, -0.05) is 0 Å². The highest BCUT2D eigenvalue weighted by molar-refractivity contribution is 9.10. The number of likely N-dealkylation sites (N-methyl/N-ethyl adjacent to an activating group) is 1. The van der Waals surface area contributed by atoms with Crippen LogP contribution in [0.1, 0.15) is 13.8 Å². The van der Waals surface area contributed by atoms with Crippen molar-refractivity contribution in [3.8, 4) is 0 Å². The van der Waals surface area contributed by atoms with E-state index in [4.69, 9.17) is 0 Å². The molecule has 0 unspecified atom stereocenters. The van der Waals surface area contributed by atoms with E-state index in [1.165, 1.54) is 15.5 Å². The second kappa shape index (κ2) is 5.67. The molecule has 1 amide bonds. The molecule has 0 aromatic carbocycles. The number of aliphatic hydroxyl groups is 1. The standard InChI is InChI=1S/C12H17BrN2O3/c1-12(2,8-16)14(3)11(18)7-15-6-9(13)4-5-10(15)17/h4-6,16H,7-8H2,1-3H3. The summed E-state index contributed by atoms with van der Waals surface area (Å²) < 4.78 is 2.06. The largest absolute Gasteiger partial charge is 0.394 e. The molecular weight excluding hydrogens is 300 g/mol. The SMILES string of the molecule is CN(C(=O)Cn1cc(Br)ccc1=O)C(C)(C)CO. The zero-order valence-electron chi connectivity index (χ0n) is 10.7. The maximum atomic E-state index is 12.0. The first-order chi connectivity index (χ1) is 8.27. The Kier molecular flexibility index (Phi) is 4.70. The number of hydrogen-bond acceptors (Lipinski definition) is 3. The minimum atomic E-state index is -0.646. The summed E-state index contributed by atoms with van der Waals surface area (Å²) in [6, 6.07) is 3.03. The number of halogens is 1. The van der Waals surface area contributed by atoms with E-state index in [0.717, 1.165) is 4.47 Å². The molecule has 0 radical (unpaired) electrons. The normalized spacial score (nSPS) is 11.4. The molecule has 18 heavy (non-hydrogen) atoms. The van der Waals surface area contributed by atoms with Crippen LogP contribution in [0, 0.1) is 0 Å². The lowest BCUT2D eigenvalue weighted by molar-refractivity contribution is -0.136. The quantitative estimate of drug-likeness (QED) is 0.895. The van der Waals surface area contributed by atoms with Crippen LogP contribution in [-0.2, 0) is 11.3 Å². The van der Waals surface area contributed by atoms with Crippen LogP contribution >= 0.6 is 15.9 Å². The van der Waals surface area contributed by atoms with Crippen LogP contribution in [0.15, 0.2) is 27.6 Å². The van der Waals surface area contributed by atoms with Crippen LogP contribution in [0.4, 0.5) is 0 Å². The number of aliphatic hydroxyl groups excluding tert-OH is 1. The maximum absolute atomic E-state index is 12.0. The van der Waals surface area contributed by atoms with Gasteiger partial charge in [0.25, 0.3) is 5.56 Å². The number of nitrogens with zero attached hydrogens (tertiary/aromatic N) is 2. The van der Waals surface area contributed by atoms with Crippen LogP contribution in [0.25, 0.3) is 0 Å². The molecule has 0 fully saturated rings. The molecule has 5 nitrogen and oxygen atoms in total. The Morgan fingerprint density at radius 1 is 1.50 bits per heavy atom. The van der Waals surface area contributed by atoms with Gasteiger partial charge in [-0.05, 0) is 35.8 Å². The average Bonchev–Trinajstić information content (AvgIpc) is 2.32. The minimum absolute atomic E-state index is 0.0434. The van der Waals surface area contributed by atoms with Crippen LogP contribution in [-0.4, -0.2) is 39.7 Å². The molecule has 0 bridgehead atoms. The van der Waals surface area contributed by atoms with Crippen molar-refractivity contribution in [2.45, 2.75) is 25.9 Å². The Bertz CT molecular complexity index is 496. The number of carbonyl (C=O) groups is 1. The first-order valence-electron chi connectivity index (χ1n) is 5.51. The van der Waals surface area contributed by atoms with Crippen LogP contribution < -0.4 is 5.56 Å². The van der Waals surface area contributed by atoms with Gasteiger partial charge in [0, 0.05) is 23.8 Å². The average molecular weight is 317 g/mol. The van der Waals surface area contributed by atoms with E-state index in [9.17, 15) is 14.7 Å². The predicted octanol–water partition coefficient (Wildman–Crippen LogP) is 0.840. The maximum Gasteiger partial charge on any atom is 0.251 e. The van der Waals surface area contributed by atoms with E-state index in [0.29, 0.717) is 0 Å². The van der Waals surface area contributed by atoms with Gasteiger partial charge in [0.05, 0.1) is 12.1 Å². The molecule has 6 heteroatoms. The number of carbonyl (C=O) groups excluding carboxylic acids is 1. The van der Waals surface area contributed by atoms with Gasteiger partial charge < -0.3 is 14.6 Å². The predicted molar refractivity (Wildman–Crippen MR) is 72.3 cm³/mol. The molecule has 0 saturated heterocycles. The summed E-state index contributed by atoms with van der Waals surface area (Å²) >= 11 is 3.25. The van der Waals surface area contributed by atoms with Gasteiger partial charge in [-0.15, -0.1) is 0 Å². The van der Waals surface area contributed by atoms with E-state index in [1.54, 1.807) is 33.2 Å². The van der Waals surface area contributed by atoms with Crippen molar-refractivity contribution in [2.24, 2.45) is 0 Å². The third kappa shape index (κ3) is 3.43. The summed E-state index contributed by atoms with van der Waals surface area (Å²) in [5, 5.41) is 9.21. The molecule has 100 valence electrons. The summed E-state index contributed by atoms with van der Waals surface area (Å²) in [6.45, 7) is 3.34. The van der Waals surface area contributed by atoms with Crippen molar-refractivity contribution >= 4 is 21.8 Å². The van der Waals surface area contributed by atoms with Gasteiger partial charge in [0.1, 0.15) is 6.54 Å². The molecule has 0 spiro atoms. The number of rotatable bonds is 4. The van der Waals surface area contributed by atoms with Gasteiger partial charge >= 0.3 is 0 Å². The summed E-state index contributed by atoms with van der Waals surface area (Å²) in [6.07, 6.45) is 1.57. The Labute approximate surface area is 114 Å². The zero-order valence-corrected chi connectivity index (χ0v) is 12.3. The van der Waals surface area contributed by atoms with Crippen molar-refractivity contribution in [3.63, 3.8) is 0 Å². The molecular formula is C12H17BrN2O3. The fourth-order valence-electron chi connectivity index (χ4n) is 1.32. The van der Waals surface area contributed by atoms with E-state index < -0.39 is 5.54 Å². The van der Waals surface area contributed by atoms with Gasteiger partial charge in [0.15, 0.2) is 0 Å². The molecule has 1 N–H and O–H groups in total. The van der Waals surface area contributed by atoms with Gasteiger partial charge in [-0.2, -0.15) is 0 Å². The van der Waals surface area contributed by atoms with E-state index in [-0.39, 0.29) is 24.6 Å². The molecule has 1 aromatic heterocycles. The van der Waals surface area contributed by atoms with Crippen molar-refractivity contribution in [1.29, 1.82) is 0 Å². The van der Waals surface area contributed by atoms with E-state index >= 15 is 0 Å². The molecule has 0 aliphatic rings. The number of pyridine rings is 1. The fourth-order valence-corrected chi connectivity index (χ4v) is 1.70. The van der Waals surface area contributed by atoms with Crippen molar-refractivity contribution in [2.75, 3.05) is 13.7 Å². The lowest BCUT2D eigenvalue weighted by atomic mass is 10.1. The highest BCUT2D eigenvalue weighted by Crippen LogP contribution is 2.12. The number of aromatic nitrogens is 1. The third-order valence-electron chi connectivity index (χ3n) is 2.92. The summed E-state index contributed by atoms with van der Waals surface area (Å²) in [5.41, 5.74) is -0.881. The Morgan fingerprint density at radius 3 is 2.67 bits per heavy atom. The zero-order chi connectivity index (χ0) is 13.9. The molecule has 0 aliphatic carbocycles. The molecule has 1 heterocycles. The summed E-state index contributed by atoms with van der Waals surface area (Å²) in [5.74, 6) is -0.228. The lowest BCUT2D eigenvalue weighted by Gasteiger charge is -2.34. The Morgan fingerprint density at radius 2 is 2.11 bits per heavy atom. The summed E-state index contributed by atoms with van der Waals surface area (Å²) in [4.78, 5) is 25.0. The lowest BCUT2D eigenvalue weighted by Crippen LogP contribution is -2.49. The molecule has 0 saturated carbocycles. The smallest absolute Gasteiger partial charge is 0.251 e. The van der Waals surface area contributed by atoms with Crippen molar-refractivity contribution < 1.29 is 9.90 Å². The first-order valence-corrected chi connectivity index (χ1v) is 6.31. The number of hydrogen-bond donors (Lipinski definition) is 1. The van der Waals surface area contributed by atoms with Crippen LogP contribution in [0.3, 0.4) is 0 Å². The van der Waals surface area contributed by atoms with E-state index in [2.05, 4.69) is 15.9 Å². The molecule has 1 rings (SSSR count). The first kappa shape index (κ1) is 14.9. The molecule has 1 aromatic rings. The van der Waals surface area contributed by atoms with Crippen LogP contribution in [0.2, 0.25) is 0 Å². The second-order valence-electron chi connectivity index (χ2n) is 4.74. The Balaban J connectivity index is 2.88. The van der Waals surface area contributed by atoms with Crippen LogP contribution in [0.5, 0.6) is 0 Å². The van der Waals surface area contributed by atoms with Crippen molar-refractivity contribution in [3.05, 3.63) is 33.2 Å².